The van der Waals surface area contributed by atoms with Gasteiger partial charge in [0.05, 0.1) is 6.54 Å². The van der Waals surface area contributed by atoms with E-state index >= 15 is 0 Å². The minimum Gasteiger partial charge on any atom is -0.425 e. The van der Waals surface area contributed by atoms with E-state index < -0.39 is 29.6 Å². The van der Waals surface area contributed by atoms with Gasteiger partial charge in [0.25, 0.3) is 5.56 Å². The van der Waals surface area contributed by atoms with Crippen LogP contribution >= 0.6 is 11.6 Å². The van der Waals surface area contributed by atoms with Gasteiger partial charge in [0.15, 0.2) is 11.2 Å². The molecule has 0 bridgehead atoms. The highest BCUT2D eigenvalue weighted by Crippen LogP contribution is 2.30. The topological polar surface area (TPSA) is 101 Å². The van der Waals surface area contributed by atoms with Crippen molar-refractivity contribution in [3.63, 3.8) is 0 Å². The van der Waals surface area contributed by atoms with Crippen LogP contribution in [0, 0.1) is 0 Å². The second kappa shape index (κ2) is 9.12. The molecule has 0 spiro atoms. The summed E-state index contributed by atoms with van der Waals surface area (Å²) in [6, 6.07) is 11.3. The Labute approximate surface area is 200 Å². The summed E-state index contributed by atoms with van der Waals surface area (Å²) in [6.07, 6.45) is -6.32. The first-order valence-electron chi connectivity index (χ1n) is 10.1. The Morgan fingerprint density at radius 2 is 1.77 bits per heavy atom. The first kappa shape index (κ1) is 24.4. The molecule has 0 aliphatic heterocycles. The summed E-state index contributed by atoms with van der Waals surface area (Å²) in [6.45, 7) is 1.30. The maximum atomic E-state index is 13.2. The van der Waals surface area contributed by atoms with Crippen molar-refractivity contribution >= 4 is 22.8 Å². The van der Waals surface area contributed by atoms with Crippen LogP contribution in [0.3, 0.4) is 0 Å². The average Bonchev–Trinajstić information content (AvgIpc) is 3.11. The Kier molecular flexibility index (Phi) is 6.34. The van der Waals surface area contributed by atoms with Gasteiger partial charge < -0.3 is 14.6 Å². The zero-order chi connectivity index (χ0) is 25.5. The van der Waals surface area contributed by atoms with Gasteiger partial charge in [-0.05, 0) is 36.8 Å². The average molecular weight is 511 g/mol. The molecule has 0 aliphatic rings. The summed E-state index contributed by atoms with van der Waals surface area (Å²) in [7, 11) is 1.37. The van der Waals surface area contributed by atoms with Crippen LogP contribution in [0.4, 0.5) is 13.2 Å². The molecule has 1 N–H and O–H groups in total. The van der Waals surface area contributed by atoms with Crippen LogP contribution < -0.4 is 20.7 Å². The number of aromatic nitrogens is 4. The molecule has 9 nitrogen and oxygen atoms in total. The van der Waals surface area contributed by atoms with Crippen LogP contribution in [0.15, 0.2) is 58.1 Å². The van der Waals surface area contributed by atoms with Crippen molar-refractivity contribution in [1.29, 1.82) is 0 Å². The molecule has 4 aromatic rings. The lowest BCUT2D eigenvalue weighted by molar-refractivity contribution is -0.274. The number of nitrogens with zero attached hydrogens (tertiary/aromatic N) is 4. The maximum Gasteiger partial charge on any atom is 0.573 e. The van der Waals surface area contributed by atoms with Crippen LogP contribution in [0.25, 0.3) is 11.2 Å². The zero-order valence-corrected chi connectivity index (χ0v) is 19.0. The van der Waals surface area contributed by atoms with E-state index in [1.807, 2.05) is 0 Å². The molecule has 2 aromatic carbocycles. The molecule has 0 fully saturated rings. The number of hydrogen-bond donors (Lipinski definition) is 1. The summed E-state index contributed by atoms with van der Waals surface area (Å²) >= 11 is 5.95. The van der Waals surface area contributed by atoms with E-state index in [9.17, 15) is 27.9 Å². The Bertz CT molecular complexity index is 1510. The number of alkyl halides is 3. The molecule has 0 saturated heterocycles. The van der Waals surface area contributed by atoms with Gasteiger partial charge in [-0.2, -0.15) is 4.98 Å². The molecule has 0 amide bonds. The van der Waals surface area contributed by atoms with Crippen molar-refractivity contribution in [2.75, 3.05) is 0 Å². The Morgan fingerprint density at radius 3 is 2.40 bits per heavy atom. The molecule has 2 aromatic heterocycles. The maximum absolute atomic E-state index is 13.2. The number of benzene rings is 2. The first-order valence-corrected chi connectivity index (χ1v) is 10.5. The fourth-order valence-corrected chi connectivity index (χ4v) is 3.61. The Hall–Kier alpha value is -3.77. The molecule has 1 unspecified atom stereocenters. The fourth-order valence-electron chi connectivity index (χ4n) is 3.49. The quantitative estimate of drug-likeness (QED) is 0.423. The molecule has 4 rings (SSSR count). The number of fused-ring (bicyclic) bond motifs is 1. The summed E-state index contributed by atoms with van der Waals surface area (Å²) in [4.78, 5) is 30.1. The van der Waals surface area contributed by atoms with E-state index in [0.717, 1.165) is 16.7 Å². The number of rotatable bonds is 6. The highest BCUT2D eigenvalue weighted by atomic mass is 35.5. The zero-order valence-electron chi connectivity index (χ0n) is 18.3. The molecule has 1 atom stereocenters. The monoisotopic (exact) mass is 510 g/mol. The molecular formula is C22H18ClF3N4O5. The molecule has 0 saturated carbocycles. The number of imidazole rings is 1. The third-order valence-electron chi connectivity index (χ3n) is 5.02. The molecule has 0 aliphatic carbocycles. The summed E-state index contributed by atoms with van der Waals surface area (Å²) in [5.41, 5.74) is -1.03. The third-order valence-corrected chi connectivity index (χ3v) is 5.27. The standard InChI is InChI=1S/C22H18ClF3N4O5/c1-12(31)30-19(32)17-18(28(2)21(30)33)27-20(29(17)11-13-6-8-14(23)9-7-13)34-15-4-3-5-16(10-15)35-22(24,25)26/h3-10,12,31H,11H2,1-2H3. The fraction of sp³-hybridized carbons (Fsp3) is 0.227. The predicted octanol–water partition coefficient (Wildman–Crippen LogP) is 3.80. The Balaban J connectivity index is 1.89. The number of aliphatic hydroxyl groups excluding tert-OH is 1. The van der Waals surface area contributed by atoms with Crippen LogP contribution in [0.1, 0.15) is 18.7 Å². The van der Waals surface area contributed by atoms with Gasteiger partial charge in [0.2, 0.25) is 0 Å². The number of halogens is 4. The van der Waals surface area contributed by atoms with Crippen molar-refractivity contribution in [3.05, 3.63) is 80.0 Å². The van der Waals surface area contributed by atoms with Crippen LogP contribution in [-0.4, -0.2) is 30.2 Å². The minimum atomic E-state index is -4.90. The summed E-state index contributed by atoms with van der Waals surface area (Å²) in [5, 5.41) is 10.5. The van der Waals surface area contributed by atoms with Gasteiger partial charge in [-0.3, -0.25) is 13.9 Å². The SMILES string of the molecule is CC(O)n1c(=O)c2c(nc(Oc3cccc(OC(F)(F)F)c3)n2Cc2ccc(Cl)cc2)n(C)c1=O. The van der Waals surface area contributed by atoms with Crippen molar-refractivity contribution < 1.29 is 27.8 Å². The number of ether oxygens (including phenoxy) is 2. The Morgan fingerprint density at radius 1 is 1.11 bits per heavy atom. The van der Waals surface area contributed by atoms with Crippen molar-refractivity contribution in [2.45, 2.75) is 26.1 Å². The molecule has 0 radical (unpaired) electrons. The lowest BCUT2D eigenvalue weighted by Gasteiger charge is -2.13. The third kappa shape index (κ3) is 5.03. The van der Waals surface area contributed by atoms with E-state index in [2.05, 4.69) is 9.72 Å². The van der Waals surface area contributed by atoms with Crippen molar-refractivity contribution in [2.24, 2.45) is 7.05 Å². The van der Waals surface area contributed by atoms with E-state index in [1.54, 1.807) is 24.3 Å². The molecule has 35 heavy (non-hydrogen) atoms. The number of aryl methyl sites for hydroxylation is 1. The molecular weight excluding hydrogens is 493 g/mol. The van der Waals surface area contributed by atoms with Crippen molar-refractivity contribution in [3.8, 4) is 17.5 Å². The van der Waals surface area contributed by atoms with E-state index in [1.165, 1.54) is 30.7 Å². The smallest absolute Gasteiger partial charge is 0.425 e. The van der Waals surface area contributed by atoms with E-state index in [0.29, 0.717) is 15.2 Å². The van der Waals surface area contributed by atoms with Crippen LogP contribution in [0.5, 0.6) is 17.5 Å². The summed E-state index contributed by atoms with van der Waals surface area (Å²) < 4.78 is 50.6. The molecule has 2 heterocycles. The van der Waals surface area contributed by atoms with Gasteiger partial charge in [0, 0.05) is 18.1 Å². The molecule has 184 valence electrons. The van der Waals surface area contributed by atoms with Gasteiger partial charge >= 0.3 is 18.1 Å². The second-order valence-corrected chi connectivity index (χ2v) is 7.99. The van der Waals surface area contributed by atoms with Crippen LogP contribution in [0.2, 0.25) is 5.02 Å². The number of aliphatic hydroxyl groups is 1. The normalized spacial score (nSPS) is 12.7. The lowest BCUT2D eigenvalue weighted by Crippen LogP contribution is -2.41. The summed E-state index contributed by atoms with van der Waals surface area (Å²) in [5.74, 6) is -0.570. The highest BCUT2D eigenvalue weighted by molar-refractivity contribution is 6.30. The second-order valence-electron chi connectivity index (χ2n) is 7.55. The van der Waals surface area contributed by atoms with Gasteiger partial charge in [-0.1, -0.05) is 29.8 Å². The number of hydrogen-bond acceptors (Lipinski definition) is 6. The lowest BCUT2D eigenvalue weighted by atomic mass is 10.2. The van der Waals surface area contributed by atoms with E-state index in [4.69, 9.17) is 16.3 Å². The van der Waals surface area contributed by atoms with Gasteiger partial charge in [0.1, 0.15) is 17.7 Å². The van der Waals surface area contributed by atoms with E-state index in [-0.39, 0.29) is 29.5 Å². The largest absolute Gasteiger partial charge is 0.573 e. The minimum absolute atomic E-state index is 0.0367. The highest BCUT2D eigenvalue weighted by Gasteiger charge is 2.31. The first-order chi connectivity index (χ1) is 16.4. The van der Waals surface area contributed by atoms with Gasteiger partial charge in [-0.25, -0.2) is 9.36 Å². The van der Waals surface area contributed by atoms with Crippen molar-refractivity contribution in [1.82, 2.24) is 18.7 Å². The van der Waals surface area contributed by atoms with Crippen LogP contribution in [-0.2, 0) is 13.6 Å². The van der Waals surface area contributed by atoms with Gasteiger partial charge in [-0.15, -0.1) is 13.2 Å². The predicted molar refractivity (Wildman–Crippen MR) is 120 cm³/mol. The molecule has 13 heteroatoms.